The molecule has 0 N–H and O–H groups in total. The summed E-state index contributed by atoms with van der Waals surface area (Å²) < 4.78 is 11.3. The minimum Gasteiger partial charge on any atom is -0.309 e. The zero-order valence-corrected chi connectivity index (χ0v) is 20.9. The molecule has 0 amide bonds. The van der Waals surface area contributed by atoms with Crippen molar-refractivity contribution in [2.24, 2.45) is 0 Å². The van der Waals surface area contributed by atoms with Gasteiger partial charge in [0.2, 0.25) is 0 Å². The molecule has 178 valence electrons. The highest BCUT2D eigenvalue weighted by Crippen LogP contribution is 2.35. The van der Waals surface area contributed by atoms with E-state index < -0.39 is 0 Å². The van der Waals surface area contributed by atoms with Gasteiger partial charge in [0.1, 0.15) is 11.0 Å². The maximum atomic E-state index is 5.09. The maximum Gasteiger partial charge on any atom is 0.160 e. The van der Waals surface area contributed by atoms with Crippen LogP contribution in [0.5, 0.6) is 0 Å². The van der Waals surface area contributed by atoms with Crippen LogP contribution in [0.25, 0.3) is 72.1 Å². The molecule has 0 aliphatic heterocycles. The third-order valence-corrected chi connectivity index (χ3v) is 7.62. The van der Waals surface area contributed by atoms with E-state index in [9.17, 15) is 0 Å². The first-order chi connectivity index (χ1) is 18.8. The largest absolute Gasteiger partial charge is 0.309 e. The van der Waals surface area contributed by atoms with E-state index in [0.29, 0.717) is 5.82 Å². The number of para-hydroxylation sites is 2. The van der Waals surface area contributed by atoms with Crippen LogP contribution in [-0.2, 0) is 0 Å². The van der Waals surface area contributed by atoms with Crippen molar-refractivity contribution in [2.45, 2.75) is 0 Å². The van der Waals surface area contributed by atoms with Crippen molar-refractivity contribution in [1.29, 1.82) is 0 Å². The minimum atomic E-state index is 0.705. The van der Waals surface area contributed by atoms with Crippen LogP contribution in [0, 0.1) is 0 Å². The molecule has 0 unspecified atom stereocenters. The number of nitrogens with zero attached hydrogens (tertiary/aromatic N) is 5. The van der Waals surface area contributed by atoms with Gasteiger partial charge in [-0.1, -0.05) is 78.9 Å². The Morgan fingerprint density at radius 1 is 0.500 bits per heavy atom. The van der Waals surface area contributed by atoms with Crippen LogP contribution in [0.4, 0.5) is 0 Å². The normalized spacial score (nSPS) is 11.7. The molecule has 0 radical (unpaired) electrons. The van der Waals surface area contributed by atoms with E-state index in [2.05, 4.69) is 98.2 Å². The van der Waals surface area contributed by atoms with Gasteiger partial charge < -0.3 is 4.57 Å². The molecule has 0 aliphatic carbocycles. The summed E-state index contributed by atoms with van der Waals surface area (Å²) in [6.45, 7) is 0. The van der Waals surface area contributed by atoms with Crippen molar-refractivity contribution in [3.05, 3.63) is 115 Å². The van der Waals surface area contributed by atoms with E-state index in [1.807, 2.05) is 30.3 Å². The summed E-state index contributed by atoms with van der Waals surface area (Å²) >= 11 is 1.25. The first-order valence-electron chi connectivity index (χ1n) is 12.4. The number of rotatable bonds is 3. The van der Waals surface area contributed by atoms with Crippen molar-refractivity contribution in [2.75, 3.05) is 0 Å². The van der Waals surface area contributed by atoms with Crippen molar-refractivity contribution in [1.82, 2.24) is 23.3 Å². The Bertz CT molecular complexity index is 2140. The molecule has 0 spiro atoms. The van der Waals surface area contributed by atoms with Gasteiger partial charge in [0.25, 0.3) is 0 Å². The van der Waals surface area contributed by atoms with Gasteiger partial charge in [0, 0.05) is 33.0 Å². The predicted molar refractivity (Wildman–Crippen MR) is 156 cm³/mol. The van der Waals surface area contributed by atoms with Crippen molar-refractivity contribution < 1.29 is 0 Å². The minimum absolute atomic E-state index is 0.705. The number of benzene rings is 5. The molecule has 0 bridgehead atoms. The van der Waals surface area contributed by atoms with E-state index in [1.54, 1.807) is 0 Å². The molecule has 5 aromatic carbocycles. The second-order valence-electron chi connectivity index (χ2n) is 9.30. The van der Waals surface area contributed by atoms with Crippen molar-refractivity contribution in [3.8, 4) is 28.3 Å². The summed E-state index contributed by atoms with van der Waals surface area (Å²) in [5.74, 6) is 0.705. The number of hydrogen-bond acceptors (Lipinski definition) is 5. The Hall–Kier alpha value is -4.94. The molecule has 8 aromatic rings. The highest BCUT2D eigenvalue weighted by atomic mass is 32.1. The zero-order chi connectivity index (χ0) is 25.1. The average Bonchev–Trinajstić information content (AvgIpc) is 3.57. The van der Waals surface area contributed by atoms with Crippen LogP contribution >= 0.6 is 11.7 Å². The fraction of sp³-hybridized carbons (Fsp3) is 0. The van der Waals surface area contributed by atoms with Gasteiger partial charge in [-0.15, -0.1) is 0 Å². The highest BCUT2D eigenvalue weighted by Gasteiger charge is 2.16. The van der Waals surface area contributed by atoms with Crippen LogP contribution in [0.15, 0.2) is 115 Å². The second kappa shape index (κ2) is 8.30. The summed E-state index contributed by atoms with van der Waals surface area (Å²) in [6, 6.07) is 39.8. The Labute approximate surface area is 222 Å². The second-order valence-corrected chi connectivity index (χ2v) is 9.83. The van der Waals surface area contributed by atoms with E-state index in [0.717, 1.165) is 55.5 Å². The van der Waals surface area contributed by atoms with Crippen LogP contribution in [-0.4, -0.2) is 23.3 Å². The van der Waals surface area contributed by atoms with Crippen LogP contribution < -0.4 is 0 Å². The topological polar surface area (TPSA) is 56.5 Å². The fourth-order valence-corrected chi connectivity index (χ4v) is 5.84. The van der Waals surface area contributed by atoms with E-state index in [-0.39, 0.29) is 0 Å². The van der Waals surface area contributed by atoms with Gasteiger partial charge in [0.05, 0.1) is 34.0 Å². The van der Waals surface area contributed by atoms with Gasteiger partial charge in [0.15, 0.2) is 5.82 Å². The van der Waals surface area contributed by atoms with Crippen LogP contribution in [0.3, 0.4) is 0 Å². The molecular formula is C32H19N5S. The molecule has 0 aliphatic rings. The molecular weight excluding hydrogens is 486 g/mol. The summed E-state index contributed by atoms with van der Waals surface area (Å²) in [5, 5.41) is 3.40. The summed E-state index contributed by atoms with van der Waals surface area (Å²) in [7, 11) is 0. The standard InChI is InChI=1S/C32H19N5S/c1-2-9-20(10-3-1)31-24-14-4-6-15-26(24)33-32(34-31)21-11-8-12-22(17-21)37-29-16-7-5-13-23(29)25-18-27-28(19-30(25)37)36-38-35-27/h1-19H. The fourth-order valence-electron chi connectivity index (χ4n) is 5.33. The lowest BCUT2D eigenvalue weighted by Gasteiger charge is -2.12. The monoisotopic (exact) mass is 505 g/mol. The molecule has 3 aromatic heterocycles. The summed E-state index contributed by atoms with van der Waals surface area (Å²) in [4.78, 5) is 10.1. The molecule has 5 nitrogen and oxygen atoms in total. The third kappa shape index (κ3) is 3.24. The molecule has 3 heterocycles. The first kappa shape index (κ1) is 21.2. The average molecular weight is 506 g/mol. The SMILES string of the molecule is c1ccc(-c2nc(-c3cccc(-n4c5ccccc5c5cc6nsnc6cc54)c3)nc3ccccc23)cc1. The Balaban J connectivity index is 1.37. The first-order valence-corrected chi connectivity index (χ1v) is 13.1. The van der Waals surface area contributed by atoms with Gasteiger partial charge in [-0.2, -0.15) is 8.75 Å². The van der Waals surface area contributed by atoms with Crippen molar-refractivity contribution in [3.63, 3.8) is 0 Å². The molecule has 38 heavy (non-hydrogen) atoms. The lowest BCUT2D eigenvalue weighted by atomic mass is 10.1. The summed E-state index contributed by atoms with van der Waals surface area (Å²) in [6.07, 6.45) is 0. The number of aromatic nitrogens is 5. The number of fused-ring (bicyclic) bond motifs is 5. The zero-order valence-electron chi connectivity index (χ0n) is 20.1. The predicted octanol–water partition coefficient (Wildman–Crippen LogP) is 8.07. The molecule has 0 saturated carbocycles. The van der Waals surface area contributed by atoms with Gasteiger partial charge in [-0.3, -0.25) is 0 Å². The maximum absolute atomic E-state index is 5.09. The van der Waals surface area contributed by atoms with Crippen LogP contribution in [0.1, 0.15) is 0 Å². The summed E-state index contributed by atoms with van der Waals surface area (Å²) in [5.41, 5.74) is 9.04. The smallest absolute Gasteiger partial charge is 0.160 e. The molecule has 6 heteroatoms. The molecule has 8 rings (SSSR count). The quantitative estimate of drug-likeness (QED) is 0.244. The van der Waals surface area contributed by atoms with E-state index in [1.165, 1.54) is 22.5 Å². The number of hydrogen-bond donors (Lipinski definition) is 0. The lowest BCUT2D eigenvalue weighted by molar-refractivity contribution is 1.17. The van der Waals surface area contributed by atoms with Crippen LogP contribution in [0.2, 0.25) is 0 Å². The third-order valence-electron chi connectivity index (χ3n) is 7.06. The van der Waals surface area contributed by atoms with Gasteiger partial charge >= 0.3 is 0 Å². The lowest BCUT2D eigenvalue weighted by Crippen LogP contribution is -1.97. The van der Waals surface area contributed by atoms with Gasteiger partial charge in [-0.05, 0) is 36.4 Å². The van der Waals surface area contributed by atoms with E-state index in [4.69, 9.17) is 9.97 Å². The molecule has 0 saturated heterocycles. The Morgan fingerprint density at radius 2 is 1.24 bits per heavy atom. The Kier molecular flexibility index (Phi) is 4.62. The molecule has 0 atom stereocenters. The van der Waals surface area contributed by atoms with Crippen molar-refractivity contribution >= 4 is 55.5 Å². The van der Waals surface area contributed by atoms with E-state index >= 15 is 0 Å². The Morgan fingerprint density at radius 3 is 2.13 bits per heavy atom. The highest BCUT2D eigenvalue weighted by molar-refractivity contribution is 7.00. The molecule has 0 fully saturated rings. The van der Waals surface area contributed by atoms with Gasteiger partial charge in [-0.25, -0.2) is 9.97 Å².